The summed E-state index contributed by atoms with van der Waals surface area (Å²) >= 11 is 0. The van der Waals surface area contributed by atoms with Gasteiger partial charge in [-0.05, 0) is 52.5 Å². The first-order valence-corrected chi connectivity index (χ1v) is 15.3. The number of hydrogen-bond donors (Lipinski definition) is 2. The standard InChI is InChI=1S/C31H40FN7O5/c1-17(34-29(33)42)23-10-7-19(12-24(23)32)26-25-27(36-30(35-26)37-14-21-8-9-22(15-37)43-21)44-31(3,4)16-38(28(25)41)13-20-6-5-11-39(20)18(2)40/h7,10,12,17,20-22H,5-6,8-9,11,13-16H2,1-4H3,(H3,33,34,42). The van der Waals surface area contributed by atoms with E-state index in [1.54, 1.807) is 30.9 Å². The third kappa shape index (κ3) is 5.89. The number of likely N-dealkylation sites (tertiary alicyclic amines) is 1. The predicted molar refractivity (Wildman–Crippen MR) is 160 cm³/mol. The Morgan fingerprint density at radius 1 is 1.18 bits per heavy atom. The number of hydrogen-bond acceptors (Lipinski definition) is 8. The number of nitrogens with zero attached hydrogens (tertiary/aromatic N) is 5. The first-order valence-electron chi connectivity index (χ1n) is 15.3. The maximum Gasteiger partial charge on any atom is 0.312 e. The number of morpholine rings is 1. The van der Waals surface area contributed by atoms with Gasteiger partial charge in [0.2, 0.25) is 17.7 Å². The summed E-state index contributed by atoms with van der Waals surface area (Å²) in [7, 11) is 0. The molecule has 2 aromatic rings. The summed E-state index contributed by atoms with van der Waals surface area (Å²) in [6.07, 6.45) is 3.72. The van der Waals surface area contributed by atoms with Crippen LogP contribution in [0.2, 0.25) is 0 Å². The molecule has 0 aliphatic carbocycles. The summed E-state index contributed by atoms with van der Waals surface area (Å²) in [5, 5.41) is 2.50. The lowest BCUT2D eigenvalue weighted by Crippen LogP contribution is -2.49. The quantitative estimate of drug-likeness (QED) is 0.509. The van der Waals surface area contributed by atoms with Gasteiger partial charge in [0, 0.05) is 50.3 Å². The number of primary amides is 1. The second kappa shape index (κ2) is 11.5. The highest BCUT2D eigenvalue weighted by Crippen LogP contribution is 2.38. The van der Waals surface area contributed by atoms with E-state index in [9.17, 15) is 14.4 Å². The molecule has 1 aromatic heterocycles. The number of rotatable bonds is 6. The zero-order valence-corrected chi connectivity index (χ0v) is 25.6. The van der Waals surface area contributed by atoms with Crippen LogP contribution in [0.15, 0.2) is 18.2 Å². The van der Waals surface area contributed by atoms with Crippen molar-refractivity contribution in [1.29, 1.82) is 0 Å². The fourth-order valence-corrected chi connectivity index (χ4v) is 6.97. The third-order valence-corrected chi connectivity index (χ3v) is 8.95. The minimum Gasteiger partial charge on any atom is -0.469 e. The molecule has 3 saturated heterocycles. The molecule has 0 saturated carbocycles. The van der Waals surface area contributed by atoms with Crippen LogP contribution in [0.5, 0.6) is 5.88 Å². The van der Waals surface area contributed by atoms with E-state index in [1.807, 2.05) is 23.6 Å². The van der Waals surface area contributed by atoms with Gasteiger partial charge in [-0.2, -0.15) is 4.98 Å². The number of aromatic nitrogens is 2. The van der Waals surface area contributed by atoms with Gasteiger partial charge < -0.3 is 35.2 Å². The first-order chi connectivity index (χ1) is 20.9. The Morgan fingerprint density at radius 3 is 2.57 bits per heavy atom. The number of anilines is 1. The number of nitrogens with two attached hydrogens (primary N) is 1. The molecule has 1 aromatic carbocycles. The zero-order valence-electron chi connectivity index (χ0n) is 25.6. The summed E-state index contributed by atoms with van der Waals surface area (Å²) in [6.45, 7) is 9.45. The number of fused-ring (bicyclic) bond motifs is 3. The number of ether oxygens (including phenoxy) is 2. The molecule has 12 nitrogen and oxygen atoms in total. The number of halogens is 1. The van der Waals surface area contributed by atoms with Gasteiger partial charge in [-0.1, -0.05) is 12.1 Å². The lowest BCUT2D eigenvalue weighted by Gasteiger charge is -2.33. The van der Waals surface area contributed by atoms with E-state index in [4.69, 9.17) is 25.2 Å². The molecule has 236 valence electrons. The average molecular weight is 610 g/mol. The summed E-state index contributed by atoms with van der Waals surface area (Å²) in [5.41, 5.74) is 5.47. The van der Waals surface area contributed by atoms with Gasteiger partial charge in [0.15, 0.2) is 0 Å². The molecular formula is C31H40FN7O5. The van der Waals surface area contributed by atoms with Crippen LogP contribution in [0.25, 0.3) is 11.3 Å². The van der Waals surface area contributed by atoms with Crippen molar-refractivity contribution in [2.24, 2.45) is 5.73 Å². The van der Waals surface area contributed by atoms with Crippen molar-refractivity contribution in [1.82, 2.24) is 25.1 Å². The van der Waals surface area contributed by atoms with E-state index < -0.39 is 23.5 Å². The molecule has 0 radical (unpaired) electrons. The molecule has 4 aliphatic heterocycles. The number of carbonyl (C=O) groups excluding carboxylic acids is 3. The fourth-order valence-electron chi connectivity index (χ4n) is 6.97. The normalized spacial score (nSPS) is 24.9. The Kier molecular flexibility index (Phi) is 7.85. The fraction of sp³-hybridized carbons (Fsp3) is 0.581. The molecular weight excluding hydrogens is 569 g/mol. The van der Waals surface area contributed by atoms with Gasteiger partial charge in [-0.3, -0.25) is 9.59 Å². The molecule has 13 heteroatoms. The minimum atomic E-state index is -0.807. The van der Waals surface area contributed by atoms with Gasteiger partial charge in [-0.25, -0.2) is 14.2 Å². The Morgan fingerprint density at radius 2 is 1.91 bits per heavy atom. The van der Waals surface area contributed by atoms with Crippen molar-refractivity contribution in [3.05, 3.63) is 35.1 Å². The number of nitrogens with one attached hydrogen (secondary N) is 1. The molecule has 5 heterocycles. The molecule has 0 spiro atoms. The predicted octanol–water partition coefficient (Wildman–Crippen LogP) is 3.00. The largest absolute Gasteiger partial charge is 0.469 e. The Hall–Kier alpha value is -4.00. The lowest BCUT2D eigenvalue weighted by molar-refractivity contribution is -0.129. The van der Waals surface area contributed by atoms with Gasteiger partial charge in [-0.15, -0.1) is 0 Å². The molecule has 2 bridgehead atoms. The summed E-state index contributed by atoms with van der Waals surface area (Å²) in [4.78, 5) is 53.4. The van der Waals surface area contributed by atoms with E-state index in [1.165, 1.54) is 6.07 Å². The van der Waals surface area contributed by atoms with Crippen LogP contribution in [0, 0.1) is 5.82 Å². The molecule has 6 rings (SSSR count). The monoisotopic (exact) mass is 609 g/mol. The Bertz CT molecular complexity index is 1470. The SMILES string of the molecule is CC(=O)N1CCCC1CN1CC(C)(C)Oc2nc(N3CC4CCC(C3)O4)nc(-c3ccc(C(C)NC(N)=O)c(F)c3)c2C1=O. The van der Waals surface area contributed by atoms with Gasteiger partial charge >= 0.3 is 6.03 Å². The minimum absolute atomic E-state index is 0.0190. The first kappa shape index (κ1) is 30.0. The Labute approximate surface area is 256 Å². The lowest BCUT2D eigenvalue weighted by atomic mass is 10.0. The summed E-state index contributed by atoms with van der Waals surface area (Å²) < 4.78 is 28.1. The van der Waals surface area contributed by atoms with Crippen LogP contribution >= 0.6 is 0 Å². The van der Waals surface area contributed by atoms with E-state index in [0.717, 1.165) is 25.7 Å². The molecule has 4 atom stereocenters. The number of urea groups is 1. The highest BCUT2D eigenvalue weighted by Gasteiger charge is 2.41. The Balaban J connectivity index is 1.45. The van der Waals surface area contributed by atoms with Crippen LogP contribution < -0.4 is 20.7 Å². The van der Waals surface area contributed by atoms with Crippen molar-refractivity contribution in [3.63, 3.8) is 0 Å². The second-order valence-electron chi connectivity index (χ2n) is 12.9. The maximum atomic E-state index is 15.6. The molecule has 4 unspecified atom stereocenters. The van der Waals surface area contributed by atoms with Crippen LogP contribution in [-0.2, 0) is 9.53 Å². The van der Waals surface area contributed by atoms with E-state index in [2.05, 4.69) is 5.32 Å². The molecule has 44 heavy (non-hydrogen) atoms. The zero-order chi connectivity index (χ0) is 31.3. The number of carbonyl (C=O) groups is 3. The average Bonchev–Trinajstić information content (AvgIpc) is 3.53. The topological polar surface area (TPSA) is 143 Å². The van der Waals surface area contributed by atoms with Gasteiger partial charge in [0.25, 0.3) is 5.91 Å². The van der Waals surface area contributed by atoms with Crippen molar-refractivity contribution in [2.75, 3.05) is 37.6 Å². The van der Waals surface area contributed by atoms with Crippen LogP contribution in [-0.4, -0.2) is 94.2 Å². The van der Waals surface area contributed by atoms with Crippen molar-refractivity contribution >= 4 is 23.8 Å². The maximum absolute atomic E-state index is 15.6. The number of amides is 4. The summed E-state index contributed by atoms with van der Waals surface area (Å²) in [5.74, 6) is -0.399. The van der Waals surface area contributed by atoms with Crippen LogP contribution in [0.1, 0.15) is 75.3 Å². The number of benzene rings is 1. The molecule has 4 aliphatic rings. The summed E-state index contributed by atoms with van der Waals surface area (Å²) in [6, 6.07) is 3.00. The van der Waals surface area contributed by atoms with E-state index in [0.29, 0.717) is 37.7 Å². The highest BCUT2D eigenvalue weighted by molar-refractivity contribution is 6.02. The second-order valence-corrected chi connectivity index (χ2v) is 12.9. The van der Waals surface area contributed by atoms with Crippen LogP contribution in [0.3, 0.4) is 0 Å². The molecule has 3 N–H and O–H groups in total. The van der Waals surface area contributed by atoms with Crippen molar-refractivity contribution < 1.29 is 28.2 Å². The smallest absolute Gasteiger partial charge is 0.312 e. The molecule has 3 fully saturated rings. The van der Waals surface area contributed by atoms with Crippen molar-refractivity contribution in [2.45, 2.75) is 83.3 Å². The van der Waals surface area contributed by atoms with Crippen molar-refractivity contribution in [3.8, 4) is 17.1 Å². The van der Waals surface area contributed by atoms with E-state index in [-0.39, 0.29) is 59.3 Å². The van der Waals surface area contributed by atoms with Gasteiger partial charge in [0.1, 0.15) is 17.0 Å². The highest BCUT2D eigenvalue weighted by atomic mass is 19.1. The third-order valence-electron chi connectivity index (χ3n) is 8.95. The van der Waals surface area contributed by atoms with Gasteiger partial charge in [0.05, 0.1) is 30.5 Å². The van der Waals surface area contributed by atoms with Crippen LogP contribution in [0.4, 0.5) is 15.1 Å². The van der Waals surface area contributed by atoms with E-state index >= 15 is 4.39 Å². The molecule has 4 amide bonds.